The molecule has 4 rings (SSSR count). The van der Waals surface area contributed by atoms with Gasteiger partial charge in [-0.15, -0.1) is 0 Å². The molecule has 0 amide bonds. The topological polar surface area (TPSA) is 78.2 Å². The zero-order chi connectivity index (χ0) is 25.5. The van der Waals surface area contributed by atoms with Crippen LogP contribution in [0.1, 0.15) is 61.8 Å². The molecule has 0 saturated carbocycles. The van der Waals surface area contributed by atoms with Crippen LogP contribution in [0.5, 0.6) is 11.6 Å². The second kappa shape index (κ2) is 11.3. The second-order valence-corrected chi connectivity index (χ2v) is 10.0. The van der Waals surface area contributed by atoms with Crippen LogP contribution in [-0.2, 0) is 16.1 Å². The summed E-state index contributed by atoms with van der Waals surface area (Å²) >= 11 is 0. The van der Waals surface area contributed by atoms with E-state index in [9.17, 15) is 0 Å². The lowest BCUT2D eigenvalue weighted by Crippen LogP contribution is -2.24. The van der Waals surface area contributed by atoms with Crippen molar-refractivity contribution in [1.29, 1.82) is 0 Å². The standard InChI is InChI=1S/C29H34N4O3/c1-20-16-21(2)30-26(17-20)22(3)32-34-18-29(4,5)19-35-33-25-13-9-10-23-14-15-27(31-28(23)25)36-24-11-7-6-8-12-24/h6-8,11-12,14-17H,9-10,13,18-19H2,1-5H3/b32-22+,33-25+. The van der Waals surface area contributed by atoms with Gasteiger partial charge in [0.2, 0.25) is 5.88 Å². The number of hydrogen-bond acceptors (Lipinski definition) is 7. The van der Waals surface area contributed by atoms with Gasteiger partial charge in [0.15, 0.2) is 0 Å². The summed E-state index contributed by atoms with van der Waals surface area (Å²) in [6.45, 7) is 10.8. The molecule has 0 fully saturated rings. The van der Waals surface area contributed by atoms with Crippen LogP contribution < -0.4 is 4.74 Å². The van der Waals surface area contributed by atoms with Crippen molar-refractivity contribution in [1.82, 2.24) is 9.97 Å². The lowest BCUT2D eigenvalue weighted by Gasteiger charge is -2.22. The highest BCUT2D eigenvalue weighted by atomic mass is 16.6. The number of hydrogen-bond donors (Lipinski definition) is 0. The monoisotopic (exact) mass is 486 g/mol. The average molecular weight is 487 g/mol. The maximum atomic E-state index is 5.92. The largest absolute Gasteiger partial charge is 0.439 e. The molecule has 0 N–H and O–H groups in total. The van der Waals surface area contributed by atoms with Gasteiger partial charge in [-0.25, -0.2) is 4.98 Å². The number of para-hydroxylation sites is 1. The average Bonchev–Trinajstić information content (AvgIpc) is 2.84. The molecule has 1 aromatic carbocycles. The lowest BCUT2D eigenvalue weighted by molar-refractivity contribution is -0.000160. The number of rotatable bonds is 9. The van der Waals surface area contributed by atoms with Crippen LogP contribution >= 0.6 is 0 Å². The number of nitrogens with zero attached hydrogens (tertiary/aromatic N) is 4. The SMILES string of the molecule is C/C(=N\OCC(C)(C)CO/N=C1\CCCc2ccc(Oc3ccccc3)nc21)c1cc(C)cc(C)n1. The molecule has 0 aliphatic heterocycles. The first-order valence-electron chi connectivity index (χ1n) is 12.3. The summed E-state index contributed by atoms with van der Waals surface area (Å²) in [5.74, 6) is 1.30. The van der Waals surface area contributed by atoms with Gasteiger partial charge in [-0.1, -0.05) is 48.4 Å². The van der Waals surface area contributed by atoms with Gasteiger partial charge in [0.1, 0.15) is 30.4 Å². The third-order valence-corrected chi connectivity index (χ3v) is 5.81. The van der Waals surface area contributed by atoms with Crippen molar-refractivity contribution < 1.29 is 14.4 Å². The molecule has 188 valence electrons. The number of ether oxygens (including phenoxy) is 1. The van der Waals surface area contributed by atoms with Gasteiger partial charge in [-0.05, 0) is 75.4 Å². The second-order valence-electron chi connectivity index (χ2n) is 10.0. The number of fused-ring (bicyclic) bond motifs is 1. The fourth-order valence-electron chi connectivity index (χ4n) is 3.95. The lowest BCUT2D eigenvalue weighted by atomic mass is 9.94. The molecule has 2 heterocycles. The van der Waals surface area contributed by atoms with Crippen molar-refractivity contribution in [3.05, 3.63) is 82.8 Å². The van der Waals surface area contributed by atoms with Crippen molar-refractivity contribution in [3.8, 4) is 11.6 Å². The highest BCUT2D eigenvalue weighted by Crippen LogP contribution is 2.26. The Morgan fingerprint density at radius 3 is 2.50 bits per heavy atom. The molecule has 36 heavy (non-hydrogen) atoms. The van der Waals surface area contributed by atoms with Gasteiger partial charge in [0, 0.05) is 17.2 Å². The molecule has 3 aromatic rings. The molecule has 0 spiro atoms. The van der Waals surface area contributed by atoms with Gasteiger partial charge in [-0.2, -0.15) is 0 Å². The van der Waals surface area contributed by atoms with Crippen LogP contribution in [-0.4, -0.2) is 34.6 Å². The van der Waals surface area contributed by atoms with E-state index in [4.69, 9.17) is 19.4 Å². The third kappa shape index (κ3) is 6.90. The molecular formula is C29H34N4O3. The molecule has 0 saturated heterocycles. The first-order valence-corrected chi connectivity index (χ1v) is 12.3. The van der Waals surface area contributed by atoms with E-state index in [2.05, 4.69) is 35.2 Å². The summed E-state index contributed by atoms with van der Waals surface area (Å²) < 4.78 is 5.92. The summed E-state index contributed by atoms with van der Waals surface area (Å²) in [5.41, 5.74) is 6.27. The molecule has 0 unspecified atom stereocenters. The predicted octanol–water partition coefficient (Wildman–Crippen LogP) is 6.41. The third-order valence-electron chi connectivity index (χ3n) is 5.81. The van der Waals surface area contributed by atoms with Gasteiger partial charge in [0.25, 0.3) is 0 Å². The highest BCUT2D eigenvalue weighted by Gasteiger charge is 2.23. The summed E-state index contributed by atoms with van der Waals surface area (Å²) in [4.78, 5) is 20.7. The first-order chi connectivity index (χ1) is 17.3. The maximum absolute atomic E-state index is 5.92. The zero-order valence-corrected chi connectivity index (χ0v) is 21.7. The van der Waals surface area contributed by atoms with Crippen molar-refractivity contribution in [2.45, 2.75) is 53.9 Å². The smallest absolute Gasteiger partial charge is 0.219 e. The van der Waals surface area contributed by atoms with E-state index in [1.54, 1.807) is 0 Å². The number of aromatic nitrogens is 2. The van der Waals surface area contributed by atoms with Crippen LogP contribution in [0.25, 0.3) is 0 Å². The Labute approximate surface area is 213 Å². The Balaban J connectivity index is 1.36. The van der Waals surface area contributed by atoms with Crippen molar-refractivity contribution in [2.24, 2.45) is 15.7 Å². The van der Waals surface area contributed by atoms with E-state index in [0.717, 1.165) is 64.6 Å². The van der Waals surface area contributed by atoms with Crippen molar-refractivity contribution >= 4 is 11.4 Å². The summed E-state index contributed by atoms with van der Waals surface area (Å²) in [6.07, 6.45) is 2.81. The predicted molar refractivity (Wildman–Crippen MR) is 142 cm³/mol. The summed E-state index contributed by atoms with van der Waals surface area (Å²) in [7, 11) is 0. The van der Waals surface area contributed by atoms with Crippen LogP contribution in [0.3, 0.4) is 0 Å². The van der Waals surface area contributed by atoms with Gasteiger partial charge >= 0.3 is 0 Å². The van der Waals surface area contributed by atoms with E-state index in [0.29, 0.717) is 19.1 Å². The van der Waals surface area contributed by atoms with Crippen LogP contribution in [0.15, 0.2) is 64.9 Å². The van der Waals surface area contributed by atoms with E-state index in [1.165, 1.54) is 0 Å². The highest BCUT2D eigenvalue weighted by molar-refractivity contribution is 6.00. The van der Waals surface area contributed by atoms with Crippen LogP contribution in [0.4, 0.5) is 0 Å². The normalized spacial score (nSPS) is 14.9. The van der Waals surface area contributed by atoms with Crippen LogP contribution in [0.2, 0.25) is 0 Å². The number of benzene rings is 1. The minimum absolute atomic E-state index is 0.285. The first kappa shape index (κ1) is 25.4. The number of aryl methyl sites for hydroxylation is 3. The maximum Gasteiger partial charge on any atom is 0.219 e. The fourth-order valence-corrected chi connectivity index (χ4v) is 3.95. The summed E-state index contributed by atoms with van der Waals surface area (Å²) in [6, 6.07) is 17.7. The quantitative estimate of drug-likeness (QED) is 0.258. The van der Waals surface area contributed by atoms with E-state index in [-0.39, 0.29) is 5.41 Å². The molecule has 0 radical (unpaired) electrons. The Hall–Kier alpha value is -3.74. The molecule has 2 aromatic heterocycles. The van der Waals surface area contributed by atoms with E-state index >= 15 is 0 Å². The van der Waals surface area contributed by atoms with E-state index in [1.807, 2.05) is 69.3 Å². The minimum atomic E-state index is -0.285. The molecule has 1 aliphatic rings. The fraction of sp³-hybridized carbons (Fsp3) is 0.379. The summed E-state index contributed by atoms with van der Waals surface area (Å²) in [5, 5.41) is 8.74. The number of pyridine rings is 2. The Morgan fingerprint density at radius 1 is 0.944 bits per heavy atom. The van der Waals surface area contributed by atoms with Crippen molar-refractivity contribution in [2.75, 3.05) is 13.2 Å². The van der Waals surface area contributed by atoms with E-state index < -0.39 is 0 Å². The Morgan fingerprint density at radius 2 is 1.72 bits per heavy atom. The molecule has 1 aliphatic carbocycles. The van der Waals surface area contributed by atoms with Gasteiger partial charge < -0.3 is 14.4 Å². The molecule has 0 bridgehead atoms. The zero-order valence-electron chi connectivity index (χ0n) is 21.7. The van der Waals surface area contributed by atoms with Gasteiger partial charge in [0.05, 0.1) is 11.4 Å². The molecule has 7 nitrogen and oxygen atoms in total. The van der Waals surface area contributed by atoms with Gasteiger partial charge in [-0.3, -0.25) is 4.98 Å². The minimum Gasteiger partial charge on any atom is -0.439 e. The molecular weight excluding hydrogens is 452 g/mol. The van der Waals surface area contributed by atoms with Crippen molar-refractivity contribution in [3.63, 3.8) is 0 Å². The Kier molecular flexibility index (Phi) is 7.98. The van der Waals surface area contributed by atoms with Crippen LogP contribution in [0, 0.1) is 19.3 Å². The molecule has 7 heteroatoms. The molecule has 0 atom stereocenters. The number of oxime groups is 2. The Bertz CT molecular complexity index is 1230.